The second kappa shape index (κ2) is 4.79. The molecule has 0 bridgehead atoms. The van der Waals surface area contributed by atoms with E-state index in [4.69, 9.17) is 23.2 Å². The second-order valence-electron chi connectivity index (χ2n) is 5.42. The monoisotopic (exact) mass is 271 g/mol. The van der Waals surface area contributed by atoms with Gasteiger partial charge in [-0.2, -0.15) is 0 Å². The van der Waals surface area contributed by atoms with E-state index in [-0.39, 0.29) is 0 Å². The molecule has 2 unspecified atom stereocenters. The first-order valence-electron chi connectivity index (χ1n) is 6.13. The Bertz CT molecular complexity index is 394. The highest BCUT2D eigenvalue weighted by atomic mass is 35.5. The van der Waals surface area contributed by atoms with Crippen LogP contribution in [0.5, 0.6) is 0 Å². The molecule has 0 radical (unpaired) electrons. The van der Waals surface area contributed by atoms with Crippen LogP contribution in [0, 0.1) is 11.3 Å². The molecule has 2 atom stereocenters. The fourth-order valence-electron chi connectivity index (χ4n) is 2.84. The lowest BCUT2D eigenvalue weighted by Gasteiger charge is -2.04. The average molecular weight is 272 g/mol. The maximum atomic E-state index is 6.07. The van der Waals surface area contributed by atoms with Gasteiger partial charge in [-0.3, -0.25) is 0 Å². The van der Waals surface area contributed by atoms with Gasteiger partial charge >= 0.3 is 0 Å². The molecule has 3 heteroatoms. The largest absolute Gasteiger partial charge is 0.317 e. The molecule has 1 N–H and O–H groups in total. The van der Waals surface area contributed by atoms with E-state index >= 15 is 0 Å². The highest BCUT2D eigenvalue weighted by Crippen LogP contribution is 2.64. The van der Waals surface area contributed by atoms with Crippen molar-refractivity contribution in [1.29, 1.82) is 0 Å². The summed E-state index contributed by atoms with van der Waals surface area (Å²) >= 11 is 12.1. The summed E-state index contributed by atoms with van der Waals surface area (Å²) in [4.78, 5) is 0. The summed E-state index contributed by atoms with van der Waals surface area (Å²) in [6.07, 6.45) is 0. The van der Waals surface area contributed by atoms with E-state index < -0.39 is 0 Å². The molecule has 1 nitrogen and oxygen atoms in total. The summed E-state index contributed by atoms with van der Waals surface area (Å²) in [5, 5.41) is 4.90. The van der Waals surface area contributed by atoms with Crippen molar-refractivity contribution in [3.8, 4) is 0 Å². The normalized spacial score (nSPS) is 25.9. The Morgan fingerprint density at radius 2 is 1.76 bits per heavy atom. The molecule has 0 heterocycles. The summed E-state index contributed by atoms with van der Waals surface area (Å²) < 4.78 is 0. The van der Waals surface area contributed by atoms with Crippen molar-refractivity contribution in [2.45, 2.75) is 26.7 Å². The number of rotatable bonds is 4. The fourth-order valence-corrected chi connectivity index (χ4v) is 3.38. The number of hydrogen-bond donors (Lipinski definition) is 1. The molecule has 17 heavy (non-hydrogen) atoms. The van der Waals surface area contributed by atoms with Gasteiger partial charge in [-0.25, -0.2) is 0 Å². The zero-order chi connectivity index (χ0) is 12.6. The van der Waals surface area contributed by atoms with E-state index in [0.717, 1.165) is 23.1 Å². The molecule has 94 valence electrons. The third-order valence-electron chi connectivity index (χ3n) is 3.91. The Kier molecular flexibility index (Phi) is 3.72. The molecule has 1 aromatic rings. The van der Waals surface area contributed by atoms with Crippen molar-refractivity contribution in [2.75, 3.05) is 13.1 Å². The molecular weight excluding hydrogens is 253 g/mol. The number of benzene rings is 1. The lowest BCUT2D eigenvalue weighted by atomic mass is 10.0. The van der Waals surface area contributed by atoms with Crippen molar-refractivity contribution >= 4 is 23.2 Å². The highest BCUT2D eigenvalue weighted by molar-refractivity contribution is 6.34. The third-order valence-corrected chi connectivity index (χ3v) is 4.35. The standard InChI is InChI=1S/C14H19Cl2N/c1-4-17-8-12-13(14(12,2)3)9-5-10(15)7-11(16)6-9/h5-7,12-13,17H,4,8H2,1-3H3. The molecule has 1 aliphatic carbocycles. The van der Waals surface area contributed by atoms with Crippen LogP contribution in [0.25, 0.3) is 0 Å². The SMILES string of the molecule is CCNCC1C(c2cc(Cl)cc(Cl)c2)C1(C)C. The Hall–Kier alpha value is -0.240. The molecule has 0 amide bonds. The molecule has 0 aliphatic heterocycles. The molecule has 1 aromatic carbocycles. The van der Waals surface area contributed by atoms with Crippen molar-refractivity contribution in [2.24, 2.45) is 11.3 Å². The van der Waals surface area contributed by atoms with Gasteiger partial charge in [0.1, 0.15) is 0 Å². The predicted octanol–water partition coefficient (Wildman–Crippen LogP) is 4.34. The molecule has 0 aromatic heterocycles. The van der Waals surface area contributed by atoms with Crippen molar-refractivity contribution < 1.29 is 0 Å². The number of nitrogens with one attached hydrogen (secondary N) is 1. The topological polar surface area (TPSA) is 12.0 Å². The van der Waals surface area contributed by atoms with Gasteiger partial charge in [-0.05, 0) is 54.1 Å². The second-order valence-corrected chi connectivity index (χ2v) is 6.29. The van der Waals surface area contributed by atoms with Gasteiger partial charge in [0.15, 0.2) is 0 Å². The summed E-state index contributed by atoms with van der Waals surface area (Å²) in [5.74, 6) is 1.25. The van der Waals surface area contributed by atoms with E-state index in [1.165, 1.54) is 5.56 Å². The molecule has 0 saturated heterocycles. The minimum Gasteiger partial charge on any atom is -0.317 e. The first-order chi connectivity index (χ1) is 7.96. The minimum absolute atomic E-state index is 0.343. The molecule has 1 saturated carbocycles. The lowest BCUT2D eigenvalue weighted by molar-refractivity contribution is 0.525. The van der Waals surface area contributed by atoms with Crippen molar-refractivity contribution in [3.05, 3.63) is 33.8 Å². The fraction of sp³-hybridized carbons (Fsp3) is 0.571. The number of hydrogen-bond acceptors (Lipinski definition) is 1. The van der Waals surface area contributed by atoms with Crippen LogP contribution in [0.4, 0.5) is 0 Å². The molecule has 1 aliphatic rings. The van der Waals surface area contributed by atoms with Gasteiger partial charge in [-0.1, -0.05) is 44.0 Å². The molecule has 2 rings (SSSR count). The van der Waals surface area contributed by atoms with Crippen LogP contribution in [0.3, 0.4) is 0 Å². The van der Waals surface area contributed by atoms with E-state index in [2.05, 4.69) is 26.1 Å². The Morgan fingerprint density at radius 3 is 2.29 bits per heavy atom. The highest BCUT2D eigenvalue weighted by Gasteiger charge is 2.57. The van der Waals surface area contributed by atoms with Gasteiger partial charge in [0, 0.05) is 10.0 Å². The van der Waals surface area contributed by atoms with Crippen LogP contribution in [-0.2, 0) is 0 Å². The van der Waals surface area contributed by atoms with Crippen molar-refractivity contribution in [3.63, 3.8) is 0 Å². The first-order valence-corrected chi connectivity index (χ1v) is 6.89. The van der Waals surface area contributed by atoms with Crippen LogP contribution in [-0.4, -0.2) is 13.1 Å². The maximum absolute atomic E-state index is 6.07. The lowest BCUT2D eigenvalue weighted by Crippen LogP contribution is -2.17. The molecule has 1 fully saturated rings. The van der Waals surface area contributed by atoms with E-state index in [1.54, 1.807) is 6.07 Å². The summed E-state index contributed by atoms with van der Waals surface area (Å²) in [6, 6.07) is 5.89. The van der Waals surface area contributed by atoms with Crippen LogP contribution in [0.15, 0.2) is 18.2 Å². The molecule has 0 spiro atoms. The van der Waals surface area contributed by atoms with E-state index in [9.17, 15) is 0 Å². The van der Waals surface area contributed by atoms with Gasteiger partial charge in [0.2, 0.25) is 0 Å². The zero-order valence-corrected chi connectivity index (χ0v) is 12.1. The predicted molar refractivity (Wildman–Crippen MR) is 75.0 cm³/mol. The van der Waals surface area contributed by atoms with Crippen LogP contribution in [0.2, 0.25) is 10.0 Å². The Morgan fingerprint density at radius 1 is 1.18 bits per heavy atom. The summed E-state index contributed by atoms with van der Waals surface area (Å²) in [7, 11) is 0. The zero-order valence-electron chi connectivity index (χ0n) is 10.6. The van der Waals surface area contributed by atoms with Gasteiger partial charge in [0.25, 0.3) is 0 Å². The van der Waals surface area contributed by atoms with Crippen LogP contribution in [0.1, 0.15) is 32.3 Å². The van der Waals surface area contributed by atoms with Gasteiger partial charge < -0.3 is 5.32 Å². The summed E-state index contributed by atoms with van der Waals surface area (Å²) in [5.41, 5.74) is 1.62. The smallest absolute Gasteiger partial charge is 0.0423 e. The minimum atomic E-state index is 0.343. The van der Waals surface area contributed by atoms with Crippen LogP contribution < -0.4 is 5.32 Å². The maximum Gasteiger partial charge on any atom is 0.0423 e. The quantitative estimate of drug-likeness (QED) is 0.859. The summed E-state index contributed by atoms with van der Waals surface area (Å²) in [6.45, 7) is 8.86. The molecular formula is C14H19Cl2N. The van der Waals surface area contributed by atoms with E-state index in [1.807, 2.05) is 12.1 Å². The number of halogens is 2. The Labute approximate surface area is 114 Å². The Balaban J connectivity index is 2.17. The van der Waals surface area contributed by atoms with Gasteiger partial charge in [-0.15, -0.1) is 0 Å². The average Bonchev–Trinajstić information content (AvgIpc) is 2.76. The third kappa shape index (κ3) is 2.62. The van der Waals surface area contributed by atoms with Crippen molar-refractivity contribution in [1.82, 2.24) is 5.32 Å². The van der Waals surface area contributed by atoms with Crippen LogP contribution >= 0.6 is 23.2 Å². The van der Waals surface area contributed by atoms with E-state index in [0.29, 0.717) is 17.3 Å². The first kappa shape index (κ1) is 13.2. The van der Waals surface area contributed by atoms with Gasteiger partial charge in [0.05, 0.1) is 0 Å².